The van der Waals surface area contributed by atoms with E-state index in [-0.39, 0.29) is 13.0 Å². The lowest BCUT2D eigenvalue weighted by Crippen LogP contribution is -2.38. The van der Waals surface area contributed by atoms with Crippen LogP contribution < -0.4 is 16.4 Å². The van der Waals surface area contributed by atoms with E-state index in [1.54, 1.807) is 42.5 Å². The van der Waals surface area contributed by atoms with Gasteiger partial charge in [0.05, 0.1) is 28.7 Å². The molecule has 11 nitrogen and oxygen atoms in total. The molecule has 2 aromatic heterocycles. The van der Waals surface area contributed by atoms with Gasteiger partial charge in [0, 0.05) is 32.4 Å². The number of benzene rings is 1. The van der Waals surface area contributed by atoms with Crippen molar-refractivity contribution in [2.75, 3.05) is 12.4 Å². The van der Waals surface area contributed by atoms with Gasteiger partial charge in [0.1, 0.15) is 0 Å². The largest absolute Gasteiger partial charge is 0.404 e. The van der Waals surface area contributed by atoms with E-state index in [1.807, 2.05) is 0 Å². The fourth-order valence-electron chi connectivity index (χ4n) is 3.13. The van der Waals surface area contributed by atoms with Crippen molar-refractivity contribution >= 4 is 27.1 Å². The fraction of sp³-hybridized carbons (Fsp3) is 0.312. The molecule has 0 aliphatic carbocycles. The van der Waals surface area contributed by atoms with Gasteiger partial charge in [-0.3, -0.25) is 9.59 Å². The van der Waals surface area contributed by atoms with Crippen LogP contribution in [-0.2, 0) is 25.3 Å². The van der Waals surface area contributed by atoms with Crippen molar-refractivity contribution in [1.29, 1.82) is 0 Å². The number of rotatable bonds is 6. The molecule has 12 heteroatoms. The van der Waals surface area contributed by atoms with E-state index in [0.29, 0.717) is 17.5 Å². The molecule has 0 amide bonds. The van der Waals surface area contributed by atoms with Gasteiger partial charge in [0.2, 0.25) is 0 Å². The van der Waals surface area contributed by atoms with Crippen molar-refractivity contribution < 1.29 is 16.8 Å². The molecule has 1 aliphatic rings. The molecular formula is C16H17N5O6S. The van der Waals surface area contributed by atoms with Crippen LogP contribution >= 0.6 is 0 Å². The average Bonchev–Trinajstić information content (AvgIpc) is 3.16. The Balaban J connectivity index is 1.72. The van der Waals surface area contributed by atoms with Crippen LogP contribution in [0.3, 0.4) is 0 Å². The SMILES string of the molecule is CNc1cc2[nH]c(=O)c(=O)n(CCCC3OS(=O)(=O)O3)c2cc1-n1ccnc1. The Morgan fingerprint density at radius 2 is 2.07 bits per heavy atom. The summed E-state index contributed by atoms with van der Waals surface area (Å²) in [4.78, 5) is 31.1. The number of aryl methyl sites for hydroxylation is 1. The summed E-state index contributed by atoms with van der Waals surface area (Å²) in [5.41, 5.74) is 1.11. The van der Waals surface area contributed by atoms with Crippen LogP contribution in [0.1, 0.15) is 12.8 Å². The van der Waals surface area contributed by atoms with E-state index in [0.717, 1.165) is 11.4 Å². The first-order valence-corrected chi connectivity index (χ1v) is 9.80. The molecule has 4 rings (SSSR count). The van der Waals surface area contributed by atoms with Crippen molar-refractivity contribution in [3.63, 3.8) is 0 Å². The summed E-state index contributed by atoms with van der Waals surface area (Å²) in [6, 6.07) is 3.52. The zero-order valence-corrected chi connectivity index (χ0v) is 15.6. The predicted molar refractivity (Wildman–Crippen MR) is 99.6 cm³/mol. The number of nitrogens with zero attached hydrogens (tertiary/aromatic N) is 3. The van der Waals surface area contributed by atoms with Gasteiger partial charge in [-0.1, -0.05) is 0 Å². The highest BCUT2D eigenvalue weighted by Gasteiger charge is 2.35. The summed E-state index contributed by atoms with van der Waals surface area (Å²) in [5, 5.41) is 3.06. The number of hydrogen-bond donors (Lipinski definition) is 2. The first-order valence-electron chi connectivity index (χ1n) is 8.46. The van der Waals surface area contributed by atoms with Crippen LogP contribution in [0.4, 0.5) is 5.69 Å². The normalized spacial score (nSPS) is 16.2. The number of H-pyrrole nitrogens is 1. The fourth-order valence-corrected chi connectivity index (χ4v) is 3.86. The molecule has 3 aromatic rings. The maximum atomic E-state index is 12.4. The highest BCUT2D eigenvalue weighted by molar-refractivity contribution is 7.82. The lowest BCUT2D eigenvalue weighted by molar-refractivity contribution is -0.0844. The van der Waals surface area contributed by atoms with Gasteiger partial charge in [0.15, 0.2) is 6.29 Å². The Labute approximate surface area is 158 Å². The molecule has 0 atom stereocenters. The van der Waals surface area contributed by atoms with Gasteiger partial charge in [-0.05, 0) is 18.6 Å². The number of imidazole rings is 1. The molecule has 0 bridgehead atoms. The van der Waals surface area contributed by atoms with Crippen molar-refractivity contribution in [1.82, 2.24) is 19.1 Å². The smallest absolute Gasteiger partial charge is 0.386 e. The van der Waals surface area contributed by atoms with Crippen molar-refractivity contribution in [2.45, 2.75) is 25.7 Å². The monoisotopic (exact) mass is 407 g/mol. The van der Waals surface area contributed by atoms with Gasteiger partial charge >= 0.3 is 21.5 Å². The zero-order valence-electron chi connectivity index (χ0n) is 14.8. The molecule has 0 radical (unpaired) electrons. The third-order valence-electron chi connectivity index (χ3n) is 4.42. The molecule has 1 saturated heterocycles. The summed E-state index contributed by atoms with van der Waals surface area (Å²) in [7, 11) is -2.10. The van der Waals surface area contributed by atoms with Crippen LogP contribution in [0.2, 0.25) is 0 Å². The summed E-state index contributed by atoms with van der Waals surface area (Å²) in [6.07, 6.45) is 4.82. The minimum atomic E-state index is -3.85. The number of hydrogen-bond acceptors (Lipinski definition) is 8. The second kappa shape index (κ2) is 6.89. The molecule has 0 unspecified atom stereocenters. The van der Waals surface area contributed by atoms with Gasteiger partial charge in [-0.25, -0.2) is 13.4 Å². The van der Waals surface area contributed by atoms with Gasteiger partial charge < -0.3 is 19.4 Å². The zero-order chi connectivity index (χ0) is 19.9. The quantitative estimate of drug-likeness (QED) is 0.557. The molecule has 28 heavy (non-hydrogen) atoms. The average molecular weight is 407 g/mol. The minimum absolute atomic E-state index is 0.199. The van der Waals surface area contributed by atoms with Crippen LogP contribution in [0.25, 0.3) is 16.7 Å². The van der Waals surface area contributed by atoms with Gasteiger partial charge in [0.25, 0.3) is 0 Å². The Morgan fingerprint density at radius 1 is 1.29 bits per heavy atom. The van der Waals surface area contributed by atoms with E-state index in [9.17, 15) is 18.0 Å². The van der Waals surface area contributed by atoms with Crippen LogP contribution in [0.5, 0.6) is 0 Å². The van der Waals surface area contributed by atoms with E-state index in [1.165, 1.54) is 4.57 Å². The topological polar surface area (TPSA) is 137 Å². The molecule has 0 saturated carbocycles. The van der Waals surface area contributed by atoms with Crippen LogP contribution in [-0.4, -0.2) is 40.9 Å². The number of aromatic amines is 1. The lowest BCUT2D eigenvalue weighted by Gasteiger charge is -2.24. The van der Waals surface area contributed by atoms with E-state index >= 15 is 0 Å². The van der Waals surface area contributed by atoms with E-state index in [2.05, 4.69) is 23.7 Å². The molecule has 1 fully saturated rings. The Morgan fingerprint density at radius 3 is 2.71 bits per heavy atom. The molecule has 0 spiro atoms. The van der Waals surface area contributed by atoms with E-state index < -0.39 is 27.8 Å². The summed E-state index contributed by atoms with van der Waals surface area (Å²) < 4.78 is 34.0. The summed E-state index contributed by atoms with van der Waals surface area (Å²) in [6.45, 7) is 0.199. The lowest BCUT2D eigenvalue weighted by atomic mass is 10.2. The maximum Gasteiger partial charge on any atom is 0.404 e. The first kappa shape index (κ1) is 18.4. The Bertz CT molecular complexity index is 1230. The standard InChI is InChI=1S/C16H17N5O6S/c1-17-10-7-11-13(8-12(10)20-6-4-18-9-20)21(16(23)15(22)19-11)5-2-3-14-26-28(24,25)27-14/h4,6-9,14,17H,2-3,5H2,1H3,(H,19,22). The van der Waals surface area contributed by atoms with Crippen molar-refractivity contribution in [2.24, 2.45) is 0 Å². The molecule has 2 N–H and O–H groups in total. The second-order valence-corrected chi connectivity index (χ2v) is 7.39. The summed E-state index contributed by atoms with van der Waals surface area (Å²) >= 11 is 0. The molecular weight excluding hydrogens is 390 g/mol. The third-order valence-corrected chi connectivity index (χ3v) is 5.32. The number of fused-ring (bicyclic) bond motifs is 1. The molecule has 3 heterocycles. The van der Waals surface area contributed by atoms with Crippen LogP contribution in [0.15, 0.2) is 40.4 Å². The second-order valence-electron chi connectivity index (χ2n) is 6.19. The number of nitrogens with one attached hydrogen (secondary N) is 2. The Hall–Kier alpha value is -2.96. The van der Waals surface area contributed by atoms with Crippen molar-refractivity contribution in [3.8, 4) is 5.69 Å². The minimum Gasteiger partial charge on any atom is -0.386 e. The van der Waals surface area contributed by atoms with Gasteiger partial charge in [-0.2, -0.15) is 8.42 Å². The third kappa shape index (κ3) is 3.32. The molecule has 1 aromatic carbocycles. The summed E-state index contributed by atoms with van der Waals surface area (Å²) in [5.74, 6) is 0. The highest BCUT2D eigenvalue weighted by Crippen LogP contribution is 2.26. The first-order chi connectivity index (χ1) is 13.4. The highest BCUT2D eigenvalue weighted by atomic mass is 32.3. The molecule has 148 valence electrons. The molecule has 1 aliphatic heterocycles. The van der Waals surface area contributed by atoms with Crippen molar-refractivity contribution in [3.05, 3.63) is 51.6 Å². The predicted octanol–water partition coefficient (Wildman–Crippen LogP) is 0.315. The number of aromatic nitrogens is 4. The number of anilines is 1. The maximum absolute atomic E-state index is 12.4. The van der Waals surface area contributed by atoms with E-state index in [4.69, 9.17) is 0 Å². The van der Waals surface area contributed by atoms with Crippen LogP contribution in [0, 0.1) is 0 Å². The Kier molecular flexibility index (Phi) is 4.53. The van der Waals surface area contributed by atoms with Gasteiger partial charge in [-0.15, -0.1) is 0 Å².